The Bertz CT molecular complexity index is 1540. The summed E-state index contributed by atoms with van der Waals surface area (Å²) in [6.07, 6.45) is 8.15. The highest BCUT2D eigenvalue weighted by atomic mass is 16.6. The molecule has 13 heteroatoms. The molecule has 4 N–H and O–H groups in total. The molecule has 0 radical (unpaired) electrons. The molecule has 284 valence electrons. The van der Waals surface area contributed by atoms with E-state index < -0.39 is 76.6 Å². The van der Waals surface area contributed by atoms with Gasteiger partial charge in [-0.3, -0.25) is 28.8 Å². The first-order chi connectivity index (χ1) is 24.6. The van der Waals surface area contributed by atoms with Gasteiger partial charge in [-0.05, 0) is 64.4 Å². The van der Waals surface area contributed by atoms with Gasteiger partial charge in [-0.1, -0.05) is 75.3 Å². The number of alkyl carbamates (subject to hydrolysis) is 1. The van der Waals surface area contributed by atoms with Crippen molar-refractivity contribution in [3.05, 3.63) is 35.9 Å². The average molecular weight is 722 g/mol. The Labute approximate surface area is 306 Å². The number of ketones is 2. The lowest BCUT2D eigenvalue weighted by atomic mass is 9.38. The maximum atomic E-state index is 14.2. The molecule has 13 nitrogen and oxygen atoms in total. The van der Waals surface area contributed by atoms with Crippen LogP contribution in [0.5, 0.6) is 0 Å². The number of amides is 5. The first kappa shape index (κ1) is 38.9. The molecule has 1 aromatic rings. The summed E-state index contributed by atoms with van der Waals surface area (Å²) in [5.74, 6) is -4.03. The number of rotatable bonds is 12. The second-order valence-electron chi connectivity index (χ2n) is 16.4. The number of ether oxygens (including phenoxy) is 1. The summed E-state index contributed by atoms with van der Waals surface area (Å²) in [6.45, 7) is 4.73. The van der Waals surface area contributed by atoms with Crippen LogP contribution in [0, 0.1) is 22.7 Å². The van der Waals surface area contributed by atoms with Crippen molar-refractivity contribution in [3.8, 4) is 0 Å². The SMILES string of the molecule is CN(C)C(=O)C(NC(=O)CNC(=O)C(=O)C(CC1CCC1)NC(=O)C1CCCC12C(=O)C(NC(=O)OC(C)(C)C)C21CCCCC1)c1ccccc1. The monoisotopic (exact) mass is 721 g/mol. The Balaban J connectivity index is 1.27. The van der Waals surface area contributed by atoms with Gasteiger partial charge in [0.2, 0.25) is 23.5 Å². The molecular weight excluding hydrogens is 666 g/mol. The highest BCUT2D eigenvalue weighted by Crippen LogP contribution is 2.69. The molecule has 0 heterocycles. The minimum atomic E-state index is -1.13. The first-order valence-electron chi connectivity index (χ1n) is 18.8. The van der Waals surface area contributed by atoms with E-state index in [1.165, 1.54) is 4.90 Å². The molecule has 0 bridgehead atoms. The summed E-state index contributed by atoms with van der Waals surface area (Å²) in [4.78, 5) is 95.4. The average Bonchev–Trinajstić information content (AvgIpc) is 3.57. The molecular formula is C39H55N5O8. The van der Waals surface area contributed by atoms with E-state index in [-0.39, 0.29) is 24.0 Å². The molecule has 0 saturated heterocycles. The largest absolute Gasteiger partial charge is 0.444 e. The molecule has 4 saturated carbocycles. The normalized spacial score (nSPS) is 24.8. The van der Waals surface area contributed by atoms with Crippen molar-refractivity contribution in [2.75, 3.05) is 20.6 Å². The van der Waals surface area contributed by atoms with E-state index >= 15 is 0 Å². The molecule has 4 fully saturated rings. The maximum Gasteiger partial charge on any atom is 0.408 e. The van der Waals surface area contributed by atoms with Gasteiger partial charge in [0.1, 0.15) is 11.6 Å². The molecule has 1 aromatic carbocycles. The zero-order chi connectivity index (χ0) is 37.8. The van der Waals surface area contributed by atoms with Crippen LogP contribution in [-0.4, -0.2) is 84.5 Å². The minimum Gasteiger partial charge on any atom is -0.444 e. The van der Waals surface area contributed by atoms with Crippen molar-refractivity contribution in [2.24, 2.45) is 22.7 Å². The van der Waals surface area contributed by atoms with E-state index in [1.807, 2.05) is 0 Å². The standard InChI is InChI=1S/C39H55N5O8/c1-37(2,3)52-36(51)43-31-32(47)39(38(31)19-10-7-11-20-38)21-13-18-26(39)33(48)41-27(22-24-14-12-15-24)30(46)34(49)40-23-28(45)42-29(35(50)44(4)5)25-16-8-6-9-17-25/h6,8-9,16-17,24,26-27,29,31H,7,10-15,18-23H2,1-5H3,(H,40,49)(H,41,48)(H,42,45)(H,43,51). The van der Waals surface area contributed by atoms with Gasteiger partial charge in [0, 0.05) is 19.5 Å². The predicted molar refractivity (Wildman–Crippen MR) is 191 cm³/mol. The van der Waals surface area contributed by atoms with E-state index in [2.05, 4.69) is 21.3 Å². The molecule has 2 spiro atoms. The van der Waals surface area contributed by atoms with Crippen molar-refractivity contribution < 1.29 is 38.3 Å². The molecule has 5 amide bonds. The molecule has 5 atom stereocenters. The fourth-order valence-corrected chi connectivity index (χ4v) is 9.11. The lowest BCUT2D eigenvalue weighted by molar-refractivity contribution is -0.186. The van der Waals surface area contributed by atoms with Gasteiger partial charge in [0.05, 0.1) is 30.0 Å². The van der Waals surface area contributed by atoms with Crippen LogP contribution < -0.4 is 21.3 Å². The van der Waals surface area contributed by atoms with Gasteiger partial charge in [-0.15, -0.1) is 0 Å². The third kappa shape index (κ3) is 7.88. The number of nitrogens with one attached hydrogen (secondary N) is 4. The zero-order valence-corrected chi connectivity index (χ0v) is 31.2. The lowest BCUT2D eigenvalue weighted by Crippen LogP contribution is -2.77. The van der Waals surface area contributed by atoms with Crippen LogP contribution in [-0.2, 0) is 33.5 Å². The van der Waals surface area contributed by atoms with Crippen molar-refractivity contribution in [1.82, 2.24) is 26.2 Å². The number of Topliss-reactive ketones (excluding diaryl/α,β-unsaturated/α-hetero) is 2. The third-order valence-corrected chi connectivity index (χ3v) is 11.7. The van der Waals surface area contributed by atoms with Crippen LogP contribution in [0.4, 0.5) is 4.79 Å². The lowest BCUT2D eigenvalue weighted by Gasteiger charge is -2.65. The number of fused-ring (bicyclic) bond motifs is 1. The van der Waals surface area contributed by atoms with Crippen LogP contribution in [0.1, 0.15) is 109 Å². The first-order valence-corrected chi connectivity index (χ1v) is 18.8. The van der Waals surface area contributed by atoms with E-state index in [1.54, 1.807) is 65.2 Å². The quantitative estimate of drug-likeness (QED) is 0.237. The van der Waals surface area contributed by atoms with Crippen molar-refractivity contribution in [3.63, 3.8) is 0 Å². The van der Waals surface area contributed by atoms with Crippen LogP contribution in [0.25, 0.3) is 0 Å². The zero-order valence-electron chi connectivity index (χ0n) is 31.2. The van der Waals surface area contributed by atoms with Crippen LogP contribution in [0.2, 0.25) is 0 Å². The van der Waals surface area contributed by atoms with Crippen LogP contribution >= 0.6 is 0 Å². The number of benzene rings is 1. The highest BCUT2D eigenvalue weighted by molar-refractivity contribution is 6.38. The number of carbonyl (C=O) groups excluding carboxylic acids is 7. The second-order valence-corrected chi connectivity index (χ2v) is 16.4. The Morgan fingerprint density at radius 3 is 2.15 bits per heavy atom. The Morgan fingerprint density at radius 1 is 0.885 bits per heavy atom. The summed E-state index contributed by atoms with van der Waals surface area (Å²) >= 11 is 0. The van der Waals surface area contributed by atoms with Gasteiger partial charge < -0.3 is 30.9 Å². The smallest absolute Gasteiger partial charge is 0.408 e. The van der Waals surface area contributed by atoms with Gasteiger partial charge in [-0.25, -0.2) is 4.79 Å². The third-order valence-electron chi connectivity index (χ3n) is 11.7. The Kier molecular flexibility index (Phi) is 11.8. The number of hydrogen-bond acceptors (Lipinski definition) is 8. The molecule has 5 unspecified atom stereocenters. The molecule has 4 aliphatic carbocycles. The van der Waals surface area contributed by atoms with E-state index in [0.717, 1.165) is 38.5 Å². The molecule has 52 heavy (non-hydrogen) atoms. The fourth-order valence-electron chi connectivity index (χ4n) is 9.11. The molecule has 5 rings (SSSR count). The maximum absolute atomic E-state index is 14.2. The minimum absolute atomic E-state index is 0.156. The Hall–Kier alpha value is -4.29. The second kappa shape index (κ2) is 15.8. The molecule has 0 aliphatic heterocycles. The topological polar surface area (TPSA) is 180 Å². The van der Waals surface area contributed by atoms with E-state index in [4.69, 9.17) is 4.74 Å². The summed E-state index contributed by atoms with van der Waals surface area (Å²) in [6, 6.07) is 5.84. The van der Waals surface area contributed by atoms with Gasteiger partial charge in [-0.2, -0.15) is 0 Å². The van der Waals surface area contributed by atoms with Crippen molar-refractivity contribution in [2.45, 2.75) is 122 Å². The summed E-state index contributed by atoms with van der Waals surface area (Å²) in [5, 5.41) is 10.8. The van der Waals surface area contributed by atoms with E-state index in [0.29, 0.717) is 37.7 Å². The van der Waals surface area contributed by atoms with E-state index in [9.17, 15) is 33.6 Å². The van der Waals surface area contributed by atoms with Crippen LogP contribution in [0.15, 0.2) is 30.3 Å². The number of likely N-dealkylation sites (N-methyl/N-ethyl adjacent to an activating group) is 1. The van der Waals surface area contributed by atoms with Crippen LogP contribution in [0.3, 0.4) is 0 Å². The van der Waals surface area contributed by atoms with Crippen molar-refractivity contribution >= 4 is 41.3 Å². The fraction of sp³-hybridized carbons (Fsp3) is 0.667. The molecule has 0 aromatic heterocycles. The van der Waals surface area contributed by atoms with Gasteiger partial charge in [0.15, 0.2) is 5.78 Å². The van der Waals surface area contributed by atoms with Crippen molar-refractivity contribution in [1.29, 1.82) is 0 Å². The molecule has 4 aliphatic rings. The predicted octanol–water partition coefficient (Wildman–Crippen LogP) is 3.51. The summed E-state index contributed by atoms with van der Waals surface area (Å²) in [5.41, 5.74) is -1.74. The Morgan fingerprint density at radius 2 is 1.56 bits per heavy atom. The summed E-state index contributed by atoms with van der Waals surface area (Å²) in [7, 11) is 3.15. The highest BCUT2D eigenvalue weighted by Gasteiger charge is 2.76. The number of nitrogens with zero attached hydrogens (tertiary/aromatic N) is 1. The van der Waals surface area contributed by atoms with Gasteiger partial charge >= 0.3 is 6.09 Å². The number of hydrogen-bond donors (Lipinski definition) is 4. The van der Waals surface area contributed by atoms with Gasteiger partial charge in [0.25, 0.3) is 5.91 Å². The number of carbonyl (C=O) groups is 7. The summed E-state index contributed by atoms with van der Waals surface area (Å²) < 4.78 is 5.50.